The van der Waals surface area contributed by atoms with Crippen molar-refractivity contribution < 1.29 is 4.74 Å². The van der Waals surface area contributed by atoms with Crippen molar-refractivity contribution in [3.05, 3.63) is 53.5 Å². The monoisotopic (exact) mass is 471 g/mol. The average molecular weight is 472 g/mol. The summed E-state index contributed by atoms with van der Waals surface area (Å²) in [5, 5.41) is 16.0. The predicted octanol–water partition coefficient (Wildman–Crippen LogP) is 2.30. The van der Waals surface area contributed by atoms with Gasteiger partial charge in [0.1, 0.15) is 24.2 Å². The minimum atomic E-state index is -0.273. The van der Waals surface area contributed by atoms with Crippen LogP contribution >= 0.6 is 0 Å². The molecule has 0 amide bonds. The number of nitrogens with zero attached hydrogens (tertiary/aromatic N) is 7. The van der Waals surface area contributed by atoms with E-state index in [9.17, 15) is 0 Å². The molecule has 35 heavy (non-hydrogen) atoms. The molecule has 1 saturated heterocycles. The number of aromatic amines is 1. The summed E-state index contributed by atoms with van der Waals surface area (Å²) < 4.78 is 6.53. The van der Waals surface area contributed by atoms with Crippen LogP contribution in [0, 0.1) is 12.8 Å². The molecule has 2 unspecified atom stereocenters. The number of hydrogen-bond acceptors (Lipinski definition) is 9. The largest absolute Gasteiger partial charge is 0.474 e. The molecule has 6 rings (SSSR count). The molecule has 2 aromatic heterocycles. The van der Waals surface area contributed by atoms with Gasteiger partial charge >= 0.3 is 0 Å². The summed E-state index contributed by atoms with van der Waals surface area (Å²) in [5.41, 5.74) is 10.0. The van der Waals surface area contributed by atoms with Crippen LogP contribution in [-0.4, -0.2) is 75.4 Å². The molecule has 3 N–H and O–H groups in total. The minimum Gasteiger partial charge on any atom is -0.474 e. The van der Waals surface area contributed by atoms with E-state index in [1.165, 1.54) is 6.34 Å². The van der Waals surface area contributed by atoms with E-state index in [1.807, 2.05) is 11.2 Å². The quantitative estimate of drug-likeness (QED) is 0.589. The van der Waals surface area contributed by atoms with Gasteiger partial charge < -0.3 is 15.4 Å². The van der Waals surface area contributed by atoms with Gasteiger partial charge in [0.2, 0.25) is 5.88 Å². The van der Waals surface area contributed by atoms with Crippen LogP contribution in [0.3, 0.4) is 0 Å². The molecular weight excluding hydrogens is 442 g/mol. The molecule has 0 aliphatic carbocycles. The van der Waals surface area contributed by atoms with Gasteiger partial charge in [-0.3, -0.25) is 10.1 Å². The average Bonchev–Trinajstić information content (AvgIpc) is 3.50. The van der Waals surface area contributed by atoms with Gasteiger partial charge in [0.15, 0.2) is 6.17 Å². The third-order valence-electron chi connectivity index (χ3n) is 7.03. The van der Waals surface area contributed by atoms with Crippen molar-refractivity contribution in [3.8, 4) is 5.88 Å². The summed E-state index contributed by atoms with van der Waals surface area (Å²) in [6.07, 6.45) is 6.96. The molecule has 10 nitrogen and oxygen atoms in total. The number of aliphatic imine (C=N–C) groups is 2. The van der Waals surface area contributed by atoms with Crippen LogP contribution in [0.15, 0.2) is 51.7 Å². The molecule has 1 fully saturated rings. The molecule has 0 bridgehead atoms. The maximum Gasteiger partial charge on any atom is 0.222 e. The first-order valence-corrected chi connectivity index (χ1v) is 12.0. The van der Waals surface area contributed by atoms with Gasteiger partial charge in [-0.15, -0.1) is 0 Å². The fraction of sp³-hybridized carbons (Fsp3) is 0.400. The Balaban J connectivity index is 1.35. The fourth-order valence-electron chi connectivity index (χ4n) is 5.13. The number of H-pyrrole nitrogens is 1. The number of ether oxygens (including phenoxy) is 1. The Kier molecular flexibility index (Phi) is 5.44. The summed E-state index contributed by atoms with van der Waals surface area (Å²) in [7, 11) is 2.15. The number of nitrogens with one attached hydrogen (secondary N) is 1. The first-order valence-electron chi connectivity index (χ1n) is 12.0. The van der Waals surface area contributed by atoms with Gasteiger partial charge in [-0.25, -0.2) is 15.0 Å². The highest BCUT2D eigenvalue weighted by molar-refractivity contribution is 6.17. The van der Waals surface area contributed by atoms with Gasteiger partial charge in [-0.1, -0.05) is 18.2 Å². The van der Waals surface area contributed by atoms with Gasteiger partial charge in [0.25, 0.3) is 0 Å². The number of likely N-dealkylation sites (tertiary alicyclic amines) is 1. The molecule has 0 radical (unpaired) electrons. The van der Waals surface area contributed by atoms with Crippen LogP contribution in [0.1, 0.15) is 29.7 Å². The van der Waals surface area contributed by atoms with E-state index < -0.39 is 0 Å². The zero-order valence-corrected chi connectivity index (χ0v) is 19.9. The summed E-state index contributed by atoms with van der Waals surface area (Å²) in [6, 6.07) is 8.42. The number of hydrazone groups is 1. The Morgan fingerprint density at radius 1 is 1.23 bits per heavy atom. The lowest BCUT2D eigenvalue weighted by molar-refractivity contribution is 0.111. The number of amidine groups is 1. The van der Waals surface area contributed by atoms with Gasteiger partial charge in [-0.2, -0.15) is 10.2 Å². The first kappa shape index (κ1) is 21.7. The molecule has 3 aliphatic heterocycles. The second kappa shape index (κ2) is 8.77. The Morgan fingerprint density at radius 2 is 2.09 bits per heavy atom. The van der Waals surface area contributed by atoms with Crippen LogP contribution in [0.2, 0.25) is 0 Å². The molecular formula is C25H29N9O. The molecule has 3 aromatic rings. The number of rotatable bonds is 5. The molecule has 2 atom stereocenters. The Bertz CT molecular complexity index is 1320. The lowest BCUT2D eigenvalue weighted by Crippen LogP contribution is -2.42. The van der Waals surface area contributed by atoms with Crippen LogP contribution < -0.4 is 10.5 Å². The van der Waals surface area contributed by atoms with Crippen molar-refractivity contribution in [1.82, 2.24) is 25.1 Å². The highest BCUT2D eigenvalue weighted by Crippen LogP contribution is 2.33. The number of pyridine rings is 1. The van der Waals surface area contributed by atoms with Crippen molar-refractivity contribution in [2.75, 3.05) is 20.1 Å². The smallest absolute Gasteiger partial charge is 0.222 e. The maximum atomic E-state index is 6.53. The summed E-state index contributed by atoms with van der Waals surface area (Å²) in [6.45, 7) is 4.65. The van der Waals surface area contributed by atoms with Crippen molar-refractivity contribution >= 4 is 28.7 Å². The summed E-state index contributed by atoms with van der Waals surface area (Å²) >= 11 is 0. The highest BCUT2D eigenvalue weighted by atomic mass is 16.5. The van der Waals surface area contributed by atoms with E-state index >= 15 is 0 Å². The molecule has 180 valence electrons. The van der Waals surface area contributed by atoms with Crippen molar-refractivity contribution in [2.45, 2.75) is 38.6 Å². The lowest BCUT2D eigenvalue weighted by Gasteiger charge is -2.29. The third kappa shape index (κ3) is 4.03. The van der Waals surface area contributed by atoms with E-state index in [1.54, 1.807) is 6.20 Å². The van der Waals surface area contributed by atoms with E-state index in [0.717, 1.165) is 59.2 Å². The highest BCUT2D eigenvalue weighted by Gasteiger charge is 2.42. The summed E-state index contributed by atoms with van der Waals surface area (Å²) in [5.74, 6) is 0.976. The SMILES string of the molecule is Cc1cccc2cc(CN3N=C(c4cn[nH]c4)C4C(N)=NC=NC43)nc(OC3CCN(C)CC3)c12. The van der Waals surface area contributed by atoms with Crippen molar-refractivity contribution in [1.29, 1.82) is 0 Å². The molecule has 1 aromatic carbocycles. The number of aryl methyl sites for hydroxylation is 1. The molecule has 3 aliphatic rings. The van der Waals surface area contributed by atoms with Gasteiger partial charge in [0, 0.05) is 30.2 Å². The van der Waals surface area contributed by atoms with Gasteiger partial charge in [0.05, 0.1) is 24.1 Å². The number of benzene rings is 1. The van der Waals surface area contributed by atoms with E-state index in [2.05, 4.69) is 63.3 Å². The molecule has 0 saturated carbocycles. The molecule has 0 spiro atoms. The summed E-state index contributed by atoms with van der Waals surface area (Å²) in [4.78, 5) is 16.2. The Labute approximate surface area is 203 Å². The molecule has 10 heteroatoms. The zero-order chi connectivity index (χ0) is 23.9. The minimum absolute atomic E-state index is 0.164. The van der Waals surface area contributed by atoms with E-state index in [-0.39, 0.29) is 18.2 Å². The number of hydrogen-bond donors (Lipinski definition) is 2. The van der Waals surface area contributed by atoms with Gasteiger partial charge in [-0.05, 0) is 43.8 Å². The van der Waals surface area contributed by atoms with Crippen molar-refractivity contribution in [2.24, 2.45) is 26.7 Å². The standard InChI is InChI=1S/C25H29N9O/c1-15-4-3-5-16-10-18(31-25(20(15)16)35-19-6-8-33(2)9-7-19)13-34-24-21(23(26)27-14-28-24)22(32-34)17-11-29-30-12-17/h3-5,10-12,14,19,21,24H,6-9,13H2,1-2H3,(H,29,30)(H2,26,27,28). The number of fused-ring (bicyclic) bond motifs is 2. The first-order chi connectivity index (χ1) is 17.1. The second-order valence-corrected chi connectivity index (χ2v) is 9.49. The Hall–Kier alpha value is -3.79. The molecule has 5 heterocycles. The normalized spacial score (nSPS) is 22.9. The van der Waals surface area contributed by atoms with Crippen molar-refractivity contribution in [3.63, 3.8) is 0 Å². The van der Waals surface area contributed by atoms with Crippen LogP contribution in [0.4, 0.5) is 0 Å². The lowest BCUT2D eigenvalue weighted by atomic mass is 9.95. The van der Waals surface area contributed by atoms with Crippen LogP contribution in [0.25, 0.3) is 10.8 Å². The maximum absolute atomic E-state index is 6.53. The number of aromatic nitrogens is 3. The van der Waals surface area contributed by atoms with E-state index in [0.29, 0.717) is 18.3 Å². The fourth-order valence-corrected chi connectivity index (χ4v) is 5.13. The van der Waals surface area contributed by atoms with Crippen LogP contribution in [0.5, 0.6) is 5.88 Å². The topological polar surface area (TPSA) is 120 Å². The third-order valence-corrected chi connectivity index (χ3v) is 7.03. The number of piperidine rings is 1. The second-order valence-electron chi connectivity index (χ2n) is 9.49. The van der Waals surface area contributed by atoms with Crippen LogP contribution in [-0.2, 0) is 6.54 Å². The predicted molar refractivity (Wildman–Crippen MR) is 136 cm³/mol. The Morgan fingerprint density at radius 3 is 2.89 bits per heavy atom. The zero-order valence-electron chi connectivity index (χ0n) is 19.9. The van der Waals surface area contributed by atoms with E-state index in [4.69, 9.17) is 20.6 Å². The number of nitrogens with two attached hydrogens (primary N) is 1.